The SMILES string of the molecule is CCc1cccc(CC)c1NC(=O)[C@H](CC)Sc1nnc(CC)n2c1cc1sccc12. The van der Waals surface area contributed by atoms with Gasteiger partial charge < -0.3 is 5.32 Å². The Morgan fingerprint density at radius 1 is 1.06 bits per heavy atom. The second-order valence-electron chi connectivity index (χ2n) is 7.47. The van der Waals surface area contributed by atoms with Crippen LogP contribution in [0.15, 0.2) is 40.7 Å². The van der Waals surface area contributed by atoms with Crippen molar-refractivity contribution in [2.75, 3.05) is 5.32 Å². The zero-order chi connectivity index (χ0) is 22.0. The molecule has 7 heteroatoms. The lowest BCUT2D eigenvalue weighted by molar-refractivity contribution is -0.115. The maximum absolute atomic E-state index is 13.3. The summed E-state index contributed by atoms with van der Waals surface area (Å²) in [6.45, 7) is 8.38. The van der Waals surface area contributed by atoms with Crippen LogP contribution in [0, 0.1) is 0 Å². The molecule has 4 rings (SSSR count). The van der Waals surface area contributed by atoms with Crippen LogP contribution in [0.3, 0.4) is 0 Å². The standard InChI is InChI=1S/C24H28N4OS2/c1-5-15-10-9-11-16(6-2)22(15)25-23(29)19(7-3)31-24-18-14-20-17(12-13-30-20)28(18)21(8-4)26-27-24/h9-14,19H,5-8H2,1-4H3,(H,25,29)/t19-/m0/s1. The number of benzene rings is 1. The largest absolute Gasteiger partial charge is 0.325 e. The molecular weight excluding hydrogens is 424 g/mol. The van der Waals surface area contributed by atoms with E-state index in [-0.39, 0.29) is 11.2 Å². The molecule has 0 unspecified atom stereocenters. The number of rotatable bonds is 8. The van der Waals surface area contributed by atoms with E-state index in [4.69, 9.17) is 0 Å². The molecule has 0 spiro atoms. The first-order valence-corrected chi connectivity index (χ1v) is 12.7. The molecule has 162 valence electrons. The molecule has 1 N–H and O–H groups in total. The number of amides is 1. The van der Waals surface area contributed by atoms with E-state index in [2.05, 4.69) is 76.4 Å². The van der Waals surface area contributed by atoms with Gasteiger partial charge in [0.05, 0.1) is 21.0 Å². The van der Waals surface area contributed by atoms with E-state index >= 15 is 0 Å². The van der Waals surface area contributed by atoms with Gasteiger partial charge in [-0.1, -0.05) is 57.7 Å². The number of thioether (sulfide) groups is 1. The number of nitrogens with zero attached hydrogens (tertiary/aromatic N) is 3. The van der Waals surface area contributed by atoms with Crippen LogP contribution in [0.5, 0.6) is 0 Å². The van der Waals surface area contributed by atoms with Crippen molar-refractivity contribution in [1.82, 2.24) is 14.6 Å². The minimum atomic E-state index is -0.242. The minimum absolute atomic E-state index is 0.0241. The molecule has 5 nitrogen and oxygen atoms in total. The number of hydrogen-bond acceptors (Lipinski definition) is 5. The summed E-state index contributed by atoms with van der Waals surface area (Å²) in [5.74, 6) is 0.964. The lowest BCUT2D eigenvalue weighted by Crippen LogP contribution is -2.26. The Bertz CT molecular complexity index is 1210. The van der Waals surface area contributed by atoms with E-state index in [1.807, 2.05) is 6.92 Å². The number of fused-ring (bicyclic) bond motifs is 3. The Kier molecular flexibility index (Phi) is 6.62. The van der Waals surface area contributed by atoms with Gasteiger partial charge in [0.15, 0.2) is 0 Å². The number of aromatic nitrogens is 3. The monoisotopic (exact) mass is 452 g/mol. The predicted molar refractivity (Wildman–Crippen MR) is 132 cm³/mol. The van der Waals surface area contributed by atoms with Gasteiger partial charge in [-0.15, -0.1) is 21.5 Å². The molecule has 0 aliphatic carbocycles. The van der Waals surface area contributed by atoms with E-state index in [1.165, 1.54) is 27.6 Å². The quantitative estimate of drug-likeness (QED) is 0.326. The molecule has 0 radical (unpaired) electrons. The Morgan fingerprint density at radius 2 is 1.81 bits per heavy atom. The highest BCUT2D eigenvalue weighted by Crippen LogP contribution is 2.34. The smallest absolute Gasteiger partial charge is 0.237 e. The summed E-state index contributed by atoms with van der Waals surface area (Å²) in [6, 6.07) is 10.5. The first-order valence-electron chi connectivity index (χ1n) is 10.9. The number of anilines is 1. The van der Waals surface area contributed by atoms with E-state index in [1.54, 1.807) is 11.3 Å². The fraction of sp³-hybridized carbons (Fsp3) is 0.375. The molecule has 3 heterocycles. The van der Waals surface area contributed by atoms with Crippen LogP contribution in [0.25, 0.3) is 15.7 Å². The third-order valence-corrected chi connectivity index (χ3v) is 7.84. The molecule has 0 fully saturated rings. The van der Waals surface area contributed by atoms with Crippen LogP contribution in [0.1, 0.15) is 51.1 Å². The number of nitrogens with one attached hydrogen (secondary N) is 1. The molecular formula is C24H28N4OS2. The van der Waals surface area contributed by atoms with Gasteiger partial charge in [0, 0.05) is 12.1 Å². The fourth-order valence-corrected chi connectivity index (χ4v) is 5.70. The lowest BCUT2D eigenvalue weighted by Gasteiger charge is -2.19. The van der Waals surface area contributed by atoms with Crippen molar-refractivity contribution < 1.29 is 4.79 Å². The molecule has 0 saturated carbocycles. The number of aryl methyl sites for hydroxylation is 3. The number of para-hydroxylation sites is 1. The van der Waals surface area contributed by atoms with E-state index in [9.17, 15) is 4.79 Å². The van der Waals surface area contributed by atoms with Crippen molar-refractivity contribution in [2.24, 2.45) is 0 Å². The van der Waals surface area contributed by atoms with E-state index in [0.29, 0.717) is 6.42 Å². The maximum atomic E-state index is 13.3. The zero-order valence-electron chi connectivity index (χ0n) is 18.4. The van der Waals surface area contributed by atoms with Crippen molar-refractivity contribution in [2.45, 2.75) is 63.7 Å². The summed E-state index contributed by atoms with van der Waals surface area (Å²) in [7, 11) is 0. The van der Waals surface area contributed by atoms with E-state index in [0.717, 1.165) is 46.8 Å². The molecule has 0 aliphatic rings. The second-order valence-corrected chi connectivity index (χ2v) is 9.61. The predicted octanol–water partition coefficient (Wildman–Crippen LogP) is 6.14. The minimum Gasteiger partial charge on any atom is -0.325 e. The van der Waals surface area contributed by atoms with Gasteiger partial charge in [-0.05, 0) is 47.9 Å². The van der Waals surface area contributed by atoms with Gasteiger partial charge >= 0.3 is 0 Å². The Labute approximate surface area is 191 Å². The summed E-state index contributed by atoms with van der Waals surface area (Å²) in [5.41, 5.74) is 5.52. The van der Waals surface area contributed by atoms with Gasteiger partial charge in [0.2, 0.25) is 5.91 Å². The summed E-state index contributed by atoms with van der Waals surface area (Å²) < 4.78 is 3.40. The number of carbonyl (C=O) groups is 1. The van der Waals surface area contributed by atoms with Crippen LogP contribution >= 0.6 is 23.1 Å². The first-order chi connectivity index (χ1) is 15.1. The zero-order valence-corrected chi connectivity index (χ0v) is 20.1. The Morgan fingerprint density at radius 3 is 2.45 bits per heavy atom. The second kappa shape index (κ2) is 9.40. The molecule has 31 heavy (non-hydrogen) atoms. The fourth-order valence-electron chi connectivity index (χ4n) is 3.94. The highest BCUT2D eigenvalue weighted by Gasteiger charge is 2.23. The Hall–Kier alpha value is -2.38. The number of thiophene rings is 1. The molecule has 4 aromatic rings. The van der Waals surface area contributed by atoms with Gasteiger partial charge in [-0.25, -0.2) is 0 Å². The topological polar surface area (TPSA) is 59.3 Å². The third-order valence-electron chi connectivity index (χ3n) is 5.64. The molecule has 1 amide bonds. The Balaban J connectivity index is 1.66. The van der Waals surface area contributed by atoms with Crippen LogP contribution in [-0.4, -0.2) is 25.8 Å². The molecule has 1 atom stereocenters. The van der Waals surface area contributed by atoms with Crippen molar-refractivity contribution in [1.29, 1.82) is 0 Å². The van der Waals surface area contributed by atoms with Crippen LogP contribution in [0.4, 0.5) is 5.69 Å². The molecule has 0 saturated heterocycles. The molecule has 1 aromatic carbocycles. The number of hydrogen-bond donors (Lipinski definition) is 1. The van der Waals surface area contributed by atoms with Crippen molar-refractivity contribution in [3.8, 4) is 0 Å². The summed E-state index contributed by atoms with van der Waals surface area (Å²) in [5, 5.41) is 14.9. The third kappa shape index (κ3) is 4.08. The summed E-state index contributed by atoms with van der Waals surface area (Å²) in [6.07, 6.45) is 3.29. The average molecular weight is 453 g/mol. The molecule has 3 aromatic heterocycles. The van der Waals surface area contributed by atoms with Crippen molar-refractivity contribution in [3.05, 3.63) is 52.7 Å². The van der Waals surface area contributed by atoms with Gasteiger partial charge in [-0.2, -0.15) is 0 Å². The molecule has 0 aliphatic heterocycles. The van der Waals surface area contributed by atoms with Crippen LogP contribution in [-0.2, 0) is 24.1 Å². The van der Waals surface area contributed by atoms with Crippen molar-refractivity contribution >= 4 is 50.4 Å². The first kappa shape index (κ1) is 21.8. The number of carbonyl (C=O) groups excluding carboxylic acids is 1. The molecule has 0 bridgehead atoms. The van der Waals surface area contributed by atoms with Gasteiger partial charge in [0.25, 0.3) is 0 Å². The maximum Gasteiger partial charge on any atom is 0.237 e. The highest BCUT2D eigenvalue weighted by atomic mass is 32.2. The summed E-state index contributed by atoms with van der Waals surface area (Å²) >= 11 is 3.23. The van der Waals surface area contributed by atoms with E-state index < -0.39 is 0 Å². The van der Waals surface area contributed by atoms with Gasteiger partial charge in [-0.3, -0.25) is 9.20 Å². The normalized spacial score (nSPS) is 12.5. The van der Waals surface area contributed by atoms with Crippen LogP contribution < -0.4 is 5.32 Å². The van der Waals surface area contributed by atoms with Crippen LogP contribution in [0.2, 0.25) is 0 Å². The van der Waals surface area contributed by atoms with Crippen molar-refractivity contribution in [3.63, 3.8) is 0 Å². The lowest BCUT2D eigenvalue weighted by atomic mass is 10.0. The summed E-state index contributed by atoms with van der Waals surface area (Å²) in [4.78, 5) is 13.3. The average Bonchev–Trinajstić information content (AvgIpc) is 3.39. The highest BCUT2D eigenvalue weighted by molar-refractivity contribution is 8.00. The van der Waals surface area contributed by atoms with Gasteiger partial charge in [0.1, 0.15) is 10.9 Å².